The molecule has 0 radical (unpaired) electrons. The highest BCUT2D eigenvalue weighted by Crippen LogP contribution is 2.17. The largest absolute Gasteiger partial charge is 0.322 e. The van der Waals surface area contributed by atoms with E-state index in [0.717, 1.165) is 0 Å². The van der Waals surface area contributed by atoms with Crippen LogP contribution in [0.15, 0.2) is 60.8 Å². The lowest BCUT2D eigenvalue weighted by atomic mass is 10.1. The van der Waals surface area contributed by atoms with Gasteiger partial charge in [-0.15, -0.1) is 0 Å². The Morgan fingerprint density at radius 3 is 2.65 bits per heavy atom. The standard InChI is InChI=1S/C16H11FN2O/c17-14-8-4-5-11-9-12(10-18-15(11)14)16(20)19-13-6-2-1-3-7-13/h1-10H,(H,19,20). The van der Waals surface area contributed by atoms with E-state index in [1.54, 1.807) is 30.3 Å². The average molecular weight is 266 g/mol. The van der Waals surface area contributed by atoms with E-state index in [1.165, 1.54) is 12.3 Å². The Morgan fingerprint density at radius 2 is 1.85 bits per heavy atom. The Morgan fingerprint density at radius 1 is 1.05 bits per heavy atom. The number of hydrogen-bond acceptors (Lipinski definition) is 2. The van der Waals surface area contributed by atoms with E-state index in [0.29, 0.717) is 16.6 Å². The Labute approximate surface area is 115 Å². The van der Waals surface area contributed by atoms with Gasteiger partial charge in [-0.2, -0.15) is 0 Å². The zero-order chi connectivity index (χ0) is 13.9. The molecule has 0 spiro atoms. The number of halogens is 1. The fourth-order valence-corrected chi connectivity index (χ4v) is 1.97. The molecular formula is C16H11FN2O. The zero-order valence-corrected chi connectivity index (χ0v) is 10.5. The average Bonchev–Trinajstić information content (AvgIpc) is 2.48. The molecule has 1 aromatic heterocycles. The SMILES string of the molecule is O=C(Nc1ccccc1)c1cnc2c(F)cccc2c1. The van der Waals surface area contributed by atoms with Crippen molar-refractivity contribution in [2.24, 2.45) is 0 Å². The van der Waals surface area contributed by atoms with Crippen molar-refractivity contribution >= 4 is 22.5 Å². The third kappa shape index (κ3) is 2.36. The van der Waals surface area contributed by atoms with Crippen molar-refractivity contribution in [2.45, 2.75) is 0 Å². The fourth-order valence-electron chi connectivity index (χ4n) is 1.97. The van der Waals surface area contributed by atoms with Crippen LogP contribution in [0.1, 0.15) is 10.4 Å². The van der Waals surface area contributed by atoms with E-state index in [1.807, 2.05) is 18.2 Å². The van der Waals surface area contributed by atoms with Crippen molar-refractivity contribution in [3.05, 3.63) is 72.2 Å². The Kier molecular flexibility index (Phi) is 3.13. The van der Waals surface area contributed by atoms with Crippen LogP contribution in [0.3, 0.4) is 0 Å². The third-order valence-corrected chi connectivity index (χ3v) is 2.96. The van der Waals surface area contributed by atoms with Crippen LogP contribution in [0.4, 0.5) is 10.1 Å². The molecule has 1 amide bonds. The minimum Gasteiger partial charge on any atom is -0.322 e. The number of aromatic nitrogens is 1. The van der Waals surface area contributed by atoms with E-state index in [-0.39, 0.29) is 11.4 Å². The molecule has 3 rings (SSSR count). The molecule has 0 aliphatic carbocycles. The number of hydrogen-bond donors (Lipinski definition) is 1. The molecule has 2 aromatic carbocycles. The van der Waals surface area contributed by atoms with E-state index >= 15 is 0 Å². The summed E-state index contributed by atoms with van der Waals surface area (Å²) in [6.45, 7) is 0. The first-order chi connectivity index (χ1) is 9.74. The molecule has 0 unspecified atom stereocenters. The number of para-hydroxylation sites is 2. The summed E-state index contributed by atoms with van der Waals surface area (Å²) in [5.41, 5.74) is 1.37. The van der Waals surface area contributed by atoms with Gasteiger partial charge in [0.2, 0.25) is 0 Å². The van der Waals surface area contributed by atoms with Gasteiger partial charge < -0.3 is 5.32 Å². The molecule has 3 aromatic rings. The summed E-state index contributed by atoms with van der Waals surface area (Å²) in [5.74, 6) is -0.660. The predicted molar refractivity (Wildman–Crippen MR) is 76.1 cm³/mol. The van der Waals surface area contributed by atoms with Crippen molar-refractivity contribution in [3.8, 4) is 0 Å². The number of nitrogens with one attached hydrogen (secondary N) is 1. The molecular weight excluding hydrogens is 255 g/mol. The van der Waals surface area contributed by atoms with Gasteiger partial charge in [0.1, 0.15) is 11.3 Å². The highest BCUT2D eigenvalue weighted by Gasteiger charge is 2.09. The van der Waals surface area contributed by atoms with Gasteiger partial charge in [0.05, 0.1) is 5.56 Å². The van der Waals surface area contributed by atoms with Crippen LogP contribution < -0.4 is 5.32 Å². The van der Waals surface area contributed by atoms with Crippen molar-refractivity contribution in [1.82, 2.24) is 4.98 Å². The molecule has 98 valence electrons. The second-order valence-electron chi connectivity index (χ2n) is 4.36. The van der Waals surface area contributed by atoms with Gasteiger partial charge in [-0.25, -0.2) is 4.39 Å². The van der Waals surface area contributed by atoms with Crippen LogP contribution in [0, 0.1) is 5.82 Å². The summed E-state index contributed by atoms with van der Waals surface area (Å²) in [4.78, 5) is 16.1. The molecule has 0 fully saturated rings. The molecule has 1 heterocycles. The van der Waals surface area contributed by atoms with Gasteiger partial charge in [-0.1, -0.05) is 30.3 Å². The number of nitrogens with zero attached hydrogens (tertiary/aromatic N) is 1. The van der Waals surface area contributed by atoms with E-state index in [4.69, 9.17) is 0 Å². The smallest absolute Gasteiger partial charge is 0.257 e. The number of amides is 1. The normalized spacial score (nSPS) is 10.4. The number of benzene rings is 2. The van der Waals surface area contributed by atoms with E-state index in [2.05, 4.69) is 10.3 Å². The number of carbonyl (C=O) groups is 1. The summed E-state index contributed by atoms with van der Waals surface area (Å²) in [6.07, 6.45) is 1.38. The van der Waals surface area contributed by atoms with Crippen molar-refractivity contribution < 1.29 is 9.18 Å². The fraction of sp³-hybridized carbons (Fsp3) is 0. The van der Waals surface area contributed by atoms with Gasteiger partial charge in [0, 0.05) is 17.3 Å². The van der Waals surface area contributed by atoms with E-state index in [9.17, 15) is 9.18 Å². The first kappa shape index (κ1) is 12.3. The first-order valence-corrected chi connectivity index (χ1v) is 6.15. The zero-order valence-electron chi connectivity index (χ0n) is 10.5. The highest BCUT2D eigenvalue weighted by atomic mass is 19.1. The number of carbonyl (C=O) groups excluding carboxylic acids is 1. The maximum atomic E-state index is 13.5. The predicted octanol–water partition coefficient (Wildman–Crippen LogP) is 3.63. The molecule has 0 saturated heterocycles. The van der Waals surface area contributed by atoms with Crippen LogP contribution in [0.5, 0.6) is 0 Å². The Bertz CT molecular complexity index is 772. The molecule has 0 aliphatic rings. The third-order valence-electron chi connectivity index (χ3n) is 2.96. The summed E-state index contributed by atoms with van der Waals surface area (Å²) < 4.78 is 13.5. The van der Waals surface area contributed by atoms with Crippen LogP contribution in [0.2, 0.25) is 0 Å². The number of anilines is 1. The summed E-state index contributed by atoms with van der Waals surface area (Å²) in [6, 6.07) is 15.4. The van der Waals surface area contributed by atoms with Gasteiger partial charge in [-0.3, -0.25) is 9.78 Å². The van der Waals surface area contributed by atoms with Crippen LogP contribution in [-0.2, 0) is 0 Å². The molecule has 0 saturated carbocycles. The molecule has 20 heavy (non-hydrogen) atoms. The van der Waals surface area contributed by atoms with Gasteiger partial charge in [0.15, 0.2) is 0 Å². The van der Waals surface area contributed by atoms with Crippen molar-refractivity contribution in [2.75, 3.05) is 5.32 Å². The summed E-state index contributed by atoms with van der Waals surface area (Å²) >= 11 is 0. The van der Waals surface area contributed by atoms with Gasteiger partial charge >= 0.3 is 0 Å². The van der Waals surface area contributed by atoms with Crippen LogP contribution in [0.25, 0.3) is 10.9 Å². The molecule has 0 atom stereocenters. The minimum absolute atomic E-state index is 0.267. The molecule has 4 heteroatoms. The second kappa shape index (κ2) is 5.09. The minimum atomic E-state index is -0.391. The van der Waals surface area contributed by atoms with Crippen molar-refractivity contribution in [3.63, 3.8) is 0 Å². The van der Waals surface area contributed by atoms with Crippen molar-refractivity contribution in [1.29, 1.82) is 0 Å². The van der Waals surface area contributed by atoms with Gasteiger partial charge in [-0.05, 0) is 24.3 Å². The number of pyridine rings is 1. The lowest BCUT2D eigenvalue weighted by Crippen LogP contribution is -2.12. The van der Waals surface area contributed by atoms with E-state index < -0.39 is 5.82 Å². The van der Waals surface area contributed by atoms with Crippen LogP contribution >= 0.6 is 0 Å². The monoisotopic (exact) mass is 266 g/mol. The summed E-state index contributed by atoms with van der Waals surface area (Å²) in [5, 5.41) is 3.37. The van der Waals surface area contributed by atoms with Gasteiger partial charge in [0.25, 0.3) is 5.91 Å². The topological polar surface area (TPSA) is 42.0 Å². The highest BCUT2D eigenvalue weighted by molar-refractivity contribution is 6.05. The lowest BCUT2D eigenvalue weighted by Gasteiger charge is -2.06. The molecule has 3 nitrogen and oxygen atoms in total. The maximum absolute atomic E-state index is 13.5. The summed E-state index contributed by atoms with van der Waals surface area (Å²) in [7, 11) is 0. The quantitative estimate of drug-likeness (QED) is 0.769. The van der Waals surface area contributed by atoms with Crippen LogP contribution in [-0.4, -0.2) is 10.9 Å². The molecule has 0 aliphatic heterocycles. The maximum Gasteiger partial charge on any atom is 0.257 e. The molecule has 1 N–H and O–H groups in total. The second-order valence-corrected chi connectivity index (χ2v) is 4.36. The Balaban J connectivity index is 1.92. The lowest BCUT2D eigenvalue weighted by molar-refractivity contribution is 0.102. The molecule has 0 bridgehead atoms. The number of rotatable bonds is 2. The number of fused-ring (bicyclic) bond motifs is 1. The first-order valence-electron chi connectivity index (χ1n) is 6.15. The Hall–Kier alpha value is -2.75.